The summed E-state index contributed by atoms with van der Waals surface area (Å²) in [6.45, 7) is 8.81. The molecule has 6 nitrogen and oxygen atoms in total. The first kappa shape index (κ1) is 20.0. The highest BCUT2D eigenvalue weighted by molar-refractivity contribution is 7.99. The summed E-state index contributed by atoms with van der Waals surface area (Å²) in [5.74, 6) is 0.483. The van der Waals surface area contributed by atoms with Crippen molar-refractivity contribution < 1.29 is 9.59 Å². The fourth-order valence-electron chi connectivity index (χ4n) is 2.41. The van der Waals surface area contributed by atoms with Crippen LogP contribution in [-0.4, -0.2) is 33.8 Å². The van der Waals surface area contributed by atoms with Gasteiger partial charge in [0, 0.05) is 18.9 Å². The summed E-state index contributed by atoms with van der Waals surface area (Å²) in [5, 5.41) is 5.72. The van der Waals surface area contributed by atoms with Gasteiger partial charge in [0.1, 0.15) is 0 Å². The molecule has 0 bridgehead atoms. The predicted molar refractivity (Wildman–Crippen MR) is 105 cm³/mol. The third-order valence-corrected chi connectivity index (χ3v) is 4.65. The van der Waals surface area contributed by atoms with Gasteiger partial charge in [0.25, 0.3) is 0 Å². The van der Waals surface area contributed by atoms with Gasteiger partial charge >= 0.3 is 6.03 Å². The van der Waals surface area contributed by atoms with Gasteiger partial charge in [-0.25, -0.2) is 9.78 Å². The lowest BCUT2D eigenvalue weighted by atomic mass is 10.0. The molecule has 1 aromatic carbocycles. The number of imidazole rings is 1. The van der Waals surface area contributed by atoms with Crippen LogP contribution in [0.25, 0.3) is 5.69 Å². The number of para-hydroxylation sites is 1. The Morgan fingerprint density at radius 3 is 2.62 bits per heavy atom. The normalized spacial score (nSPS) is 11.0. The van der Waals surface area contributed by atoms with Gasteiger partial charge in [-0.3, -0.25) is 14.7 Å². The van der Waals surface area contributed by atoms with Gasteiger partial charge in [-0.05, 0) is 23.5 Å². The summed E-state index contributed by atoms with van der Waals surface area (Å²) in [6, 6.07) is 7.69. The highest BCUT2D eigenvalue weighted by Crippen LogP contribution is 2.27. The van der Waals surface area contributed by atoms with Crippen LogP contribution in [0, 0.1) is 5.92 Å². The average Bonchev–Trinajstić information content (AvgIpc) is 3.06. The van der Waals surface area contributed by atoms with Gasteiger partial charge < -0.3 is 5.32 Å². The standard InChI is InChI=1S/C19H26N4O2S/c1-13(2)11-21-18(25)22-17(24)12-26-19-20-9-10-23(19)16-8-6-5-7-15(16)14(3)4/h5-10,13-14H,11-12H2,1-4H3,(H2,21,22,24,25). The molecule has 0 fully saturated rings. The lowest BCUT2D eigenvalue weighted by Crippen LogP contribution is -2.41. The first-order valence-electron chi connectivity index (χ1n) is 8.71. The van der Waals surface area contributed by atoms with E-state index in [-0.39, 0.29) is 11.7 Å². The van der Waals surface area contributed by atoms with E-state index >= 15 is 0 Å². The Morgan fingerprint density at radius 1 is 1.19 bits per heavy atom. The summed E-state index contributed by atoms with van der Waals surface area (Å²) >= 11 is 1.30. The molecule has 0 unspecified atom stereocenters. The van der Waals surface area contributed by atoms with E-state index in [1.807, 2.05) is 42.8 Å². The van der Waals surface area contributed by atoms with Crippen LogP contribution in [0.2, 0.25) is 0 Å². The maximum Gasteiger partial charge on any atom is 0.321 e. The third kappa shape index (κ3) is 5.62. The SMILES string of the molecule is CC(C)CNC(=O)NC(=O)CSc1nccn1-c1ccccc1C(C)C. The van der Waals surface area contributed by atoms with Crippen LogP contribution in [-0.2, 0) is 4.79 Å². The number of rotatable bonds is 7. The van der Waals surface area contributed by atoms with Crippen LogP contribution >= 0.6 is 11.8 Å². The first-order chi connectivity index (χ1) is 12.4. The molecule has 0 aliphatic heterocycles. The van der Waals surface area contributed by atoms with E-state index in [4.69, 9.17) is 0 Å². The summed E-state index contributed by atoms with van der Waals surface area (Å²) < 4.78 is 1.98. The van der Waals surface area contributed by atoms with E-state index in [0.29, 0.717) is 18.4 Å². The van der Waals surface area contributed by atoms with E-state index < -0.39 is 6.03 Å². The molecule has 2 rings (SSSR count). The number of nitrogens with zero attached hydrogens (tertiary/aromatic N) is 2. The Morgan fingerprint density at radius 2 is 1.92 bits per heavy atom. The van der Waals surface area contributed by atoms with Crippen LogP contribution in [0.5, 0.6) is 0 Å². The molecule has 0 saturated carbocycles. The maximum absolute atomic E-state index is 12.0. The van der Waals surface area contributed by atoms with E-state index in [2.05, 4.69) is 35.5 Å². The van der Waals surface area contributed by atoms with Crippen LogP contribution in [0.15, 0.2) is 41.8 Å². The van der Waals surface area contributed by atoms with E-state index in [1.165, 1.54) is 17.3 Å². The van der Waals surface area contributed by atoms with Crippen molar-refractivity contribution in [1.82, 2.24) is 20.2 Å². The minimum absolute atomic E-state index is 0.121. The number of nitrogens with one attached hydrogen (secondary N) is 2. The second-order valence-corrected chi connectivity index (χ2v) is 7.68. The highest BCUT2D eigenvalue weighted by Gasteiger charge is 2.14. The van der Waals surface area contributed by atoms with Crippen molar-refractivity contribution in [3.63, 3.8) is 0 Å². The fraction of sp³-hybridized carbons (Fsp3) is 0.421. The topological polar surface area (TPSA) is 76.0 Å². The molecule has 0 aliphatic rings. The molecule has 1 aromatic heterocycles. The number of hydrogen-bond donors (Lipinski definition) is 2. The van der Waals surface area contributed by atoms with Gasteiger partial charge in [-0.15, -0.1) is 0 Å². The smallest absolute Gasteiger partial charge is 0.321 e. The van der Waals surface area contributed by atoms with Crippen LogP contribution < -0.4 is 10.6 Å². The van der Waals surface area contributed by atoms with Gasteiger partial charge in [0.15, 0.2) is 5.16 Å². The van der Waals surface area contributed by atoms with Crippen molar-refractivity contribution in [2.24, 2.45) is 5.92 Å². The second-order valence-electron chi connectivity index (χ2n) is 6.73. The minimum Gasteiger partial charge on any atom is -0.338 e. The molecule has 0 atom stereocenters. The molecule has 0 saturated heterocycles. The molecule has 2 N–H and O–H groups in total. The number of benzene rings is 1. The number of carbonyl (C=O) groups is 2. The summed E-state index contributed by atoms with van der Waals surface area (Å²) in [6.07, 6.45) is 3.60. The summed E-state index contributed by atoms with van der Waals surface area (Å²) in [5.41, 5.74) is 2.27. The fourth-order valence-corrected chi connectivity index (χ4v) is 3.17. The van der Waals surface area contributed by atoms with Gasteiger partial charge in [-0.2, -0.15) is 0 Å². The van der Waals surface area contributed by atoms with Crippen LogP contribution in [0.3, 0.4) is 0 Å². The van der Waals surface area contributed by atoms with Gasteiger partial charge in [-0.1, -0.05) is 57.7 Å². The average molecular weight is 375 g/mol. The van der Waals surface area contributed by atoms with E-state index in [1.54, 1.807) is 6.20 Å². The molecule has 140 valence electrons. The number of imide groups is 1. The molecule has 2 aromatic rings. The number of hydrogen-bond acceptors (Lipinski definition) is 4. The van der Waals surface area contributed by atoms with E-state index in [0.717, 1.165) is 10.8 Å². The van der Waals surface area contributed by atoms with Crippen molar-refractivity contribution in [2.75, 3.05) is 12.3 Å². The maximum atomic E-state index is 12.0. The Bertz CT molecular complexity index is 756. The predicted octanol–water partition coefficient (Wildman–Crippen LogP) is 3.57. The molecule has 0 aliphatic carbocycles. The second kappa shape index (κ2) is 9.43. The van der Waals surface area contributed by atoms with Crippen molar-refractivity contribution in [2.45, 2.75) is 38.8 Å². The molecule has 1 heterocycles. The zero-order valence-electron chi connectivity index (χ0n) is 15.7. The Balaban J connectivity index is 2.00. The molecule has 3 amide bonds. The Hall–Kier alpha value is -2.28. The van der Waals surface area contributed by atoms with Crippen molar-refractivity contribution in [3.8, 4) is 5.69 Å². The zero-order chi connectivity index (χ0) is 19.1. The summed E-state index contributed by atoms with van der Waals surface area (Å²) in [4.78, 5) is 28.0. The number of amides is 3. The molecule has 0 spiro atoms. The summed E-state index contributed by atoms with van der Waals surface area (Å²) in [7, 11) is 0. The Kier molecular flexibility index (Phi) is 7.26. The molecule has 26 heavy (non-hydrogen) atoms. The van der Waals surface area contributed by atoms with Crippen molar-refractivity contribution >= 4 is 23.7 Å². The van der Waals surface area contributed by atoms with Gasteiger partial charge in [0.05, 0.1) is 11.4 Å². The Labute approximate surface area is 158 Å². The largest absolute Gasteiger partial charge is 0.338 e. The van der Waals surface area contributed by atoms with Crippen molar-refractivity contribution in [1.29, 1.82) is 0 Å². The zero-order valence-corrected chi connectivity index (χ0v) is 16.5. The molecule has 7 heteroatoms. The van der Waals surface area contributed by atoms with Crippen LogP contribution in [0.4, 0.5) is 4.79 Å². The molecular formula is C19H26N4O2S. The monoisotopic (exact) mass is 374 g/mol. The van der Waals surface area contributed by atoms with E-state index in [9.17, 15) is 9.59 Å². The molecule has 0 radical (unpaired) electrons. The third-order valence-electron chi connectivity index (χ3n) is 3.68. The lowest BCUT2D eigenvalue weighted by molar-refractivity contribution is -0.117. The lowest BCUT2D eigenvalue weighted by Gasteiger charge is -2.15. The van der Waals surface area contributed by atoms with Crippen molar-refractivity contribution in [3.05, 3.63) is 42.2 Å². The highest BCUT2D eigenvalue weighted by atomic mass is 32.2. The number of carbonyl (C=O) groups excluding carboxylic acids is 2. The first-order valence-corrected chi connectivity index (χ1v) is 9.70. The number of thioether (sulfide) groups is 1. The molecular weight excluding hydrogens is 348 g/mol. The number of urea groups is 1. The van der Waals surface area contributed by atoms with Gasteiger partial charge in [0.2, 0.25) is 5.91 Å². The number of aromatic nitrogens is 2. The minimum atomic E-state index is -0.460. The van der Waals surface area contributed by atoms with Crippen LogP contribution in [0.1, 0.15) is 39.2 Å². The quantitative estimate of drug-likeness (QED) is 0.727.